The molecule has 2 aliphatic rings. The Morgan fingerprint density at radius 2 is 1.68 bits per heavy atom. The number of rotatable bonds is 2. The van der Waals surface area contributed by atoms with E-state index in [1.807, 2.05) is 19.9 Å². The van der Waals surface area contributed by atoms with Gasteiger partial charge in [0.1, 0.15) is 11.5 Å². The summed E-state index contributed by atoms with van der Waals surface area (Å²) in [5.74, 6) is 1.01. The fourth-order valence-corrected chi connectivity index (χ4v) is 6.51. The zero-order chi connectivity index (χ0) is 20.4. The minimum absolute atomic E-state index is 0.213. The van der Waals surface area contributed by atoms with Crippen LogP contribution in [0.25, 0.3) is 5.57 Å². The van der Waals surface area contributed by atoms with Crippen LogP contribution in [0.15, 0.2) is 34.1 Å². The van der Waals surface area contributed by atoms with Crippen LogP contribution in [0.2, 0.25) is 10.0 Å². The number of halogens is 2. The van der Waals surface area contributed by atoms with E-state index in [9.17, 15) is 9.00 Å². The largest absolute Gasteiger partial charge is 0.496 e. The highest BCUT2D eigenvalue weighted by molar-refractivity contribution is 7.91. The van der Waals surface area contributed by atoms with Gasteiger partial charge in [-0.15, -0.1) is 0 Å². The van der Waals surface area contributed by atoms with Crippen LogP contribution < -0.4 is 9.47 Å². The van der Waals surface area contributed by atoms with Crippen molar-refractivity contribution in [3.8, 4) is 11.5 Å². The maximum Gasteiger partial charge on any atom is 0.205 e. The van der Waals surface area contributed by atoms with Gasteiger partial charge in [0.05, 0.1) is 45.4 Å². The molecule has 1 aliphatic heterocycles. The second-order valence-electron chi connectivity index (χ2n) is 7.45. The van der Waals surface area contributed by atoms with Crippen molar-refractivity contribution in [1.29, 1.82) is 0 Å². The maximum atomic E-state index is 13.4. The first-order valence-corrected chi connectivity index (χ1v) is 10.6. The fraction of sp³-hybridized carbons (Fsp3) is 0.286. The van der Waals surface area contributed by atoms with Gasteiger partial charge in [-0.05, 0) is 41.7 Å². The summed E-state index contributed by atoms with van der Waals surface area (Å²) in [6, 6.07) is 6.71. The van der Waals surface area contributed by atoms with Crippen LogP contribution in [0, 0.1) is 5.41 Å². The Kier molecular flexibility index (Phi) is 4.60. The predicted molar refractivity (Wildman–Crippen MR) is 111 cm³/mol. The number of carbonyl (C=O) groups is 1. The zero-order valence-corrected chi connectivity index (χ0v) is 18.1. The normalized spacial score (nSPS) is 22.2. The zero-order valence-electron chi connectivity index (χ0n) is 15.8. The van der Waals surface area contributed by atoms with Gasteiger partial charge < -0.3 is 9.47 Å². The average Bonchev–Trinajstić information content (AvgIpc) is 3.04. The maximum absolute atomic E-state index is 13.4. The van der Waals surface area contributed by atoms with Crippen LogP contribution >= 0.6 is 23.2 Å². The van der Waals surface area contributed by atoms with Gasteiger partial charge in [0.15, 0.2) is 0 Å². The van der Waals surface area contributed by atoms with Crippen molar-refractivity contribution in [3.63, 3.8) is 0 Å². The van der Waals surface area contributed by atoms with Crippen LogP contribution in [-0.2, 0) is 17.2 Å². The molecule has 1 atom stereocenters. The molecule has 0 saturated carbocycles. The predicted octanol–water partition coefficient (Wildman–Crippen LogP) is 5.31. The Morgan fingerprint density at radius 1 is 1.04 bits per heavy atom. The summed E-state index contributed by atoms with van der Waals surface area (Å²) in [4.78, 5) is 13.9. The lowest BCUT2D eigenvalue weighted by molar-refractivity contribution is 0.104. The number of allylic oxidation sites excluding steroid dienone is 2. The Bertz CT molecular complexity index is 1100. The average molecular weight is 437 g/mol. The number of methoxy groups -OCH3 is 2. The monoisotopic (exact) mass is 436 g/mol. The molecule has 2 aromatic rings. The number of fused-ring (bicyclic) bond motifs is 2. The van der Waals surface area contributed by atoms with Gasteiger partial charge in [-0.25, -0.2) is 4.21 Å². The molecule has 7 heteroatoms. The van der Waals surface area contributed by atoms with E-state index in [1.165, 1.54) is 6.07 Å². The molecule has 0 fully saturated rings. The van der Waals surface area contributed by atoms with Gasteiger partial charge in [0, 0.05) is 16.1 Å². The standard InChI is InChI=1S/C21H18Cl2O4S/c1-21(2)9-11-13(26-3)5-6-14(27-4)16(11)18(21)20-19(24)17-12(23)7-10(22)8-15(17)28(20)25/h5-8H,9H2,1-4H3/b20-18-/t28-/m1/s1. The summed E-state index contributed by atoms with van der Waals surface area (Å²) >= 11 is 12.4. The van der Waals surface area contributed by atoms with Crippen molar-refractivity contribution >= 4 is 45.4 Å². The molecule has 1 aliphatic carbocycles. The number of Topliss-reactive ketones (excluding diaryl/α,β-unsaturated/α-hetero) is 1. The van der Waals surface area contributed by atoms with Crippen LogP contribution in [0.3, 0.4) is 0 Å². The summed E-state index contributed by atoms with van der Waals surface area (Å²) in [5.41, 5.74) is 2.25. The molecule has 0 amide bonds. The summed E-state index contributed by atoms with van der Waals surface area (Å²) in [7, 11) is 1.50. The highest BCUT2D eigenvalue weighted by Crippen LogP contribution is 2.56. The molecule has 0 radical (unpaired) electrons. The highest BCUT2D eigenvalue weighted by atomic mass is 35.5. The minimum atomic E-state index is -1.68. The lowest BCUT2D eigenvalue weighted by atomic mass is 9.83. The van der Waals surface area contributed by atoms with Gasteiger partial charge in [-0.3, -0.25) is 4.79 Å². The molecule has 0 saturated heterocycles. The Hall–Kier alpha value is -1.82. The molecule has 0 N–H and O–H groups in total. The van der Waals surface area contributed by atoms with Gasteiger partial charge >= 0.3 is 0 Å². The topological polar surface area (TPSA) is 52.6 Å². The molecular weight excluding hydrogens is 419 g/mol. The van der Waals surface area contributed by atoms with Gasteiger partial charge in [0.2, 0.25) is 5.78 Å². The Balaban J connectivity index is 2.08. The Labute approximate surface area is 175 Å². The van der Waals surface area contributed by atoms with Crippen LogP contribution in [0.4, 0.5) is 0 Å². The molecular formula is C21H18Cl2O4S. The fourth-order valence-electron chi connectivity index (χ4n) is 4.14. The quantitative estimate of drug-likeness (QED) is 0.598. The van der Waals surface area contributed by atoms with Gasteiger partial charge in [-0.1, -0.05) is 37.0 Å². The SMILES string of the molecule is COc1ccc(OC)c2c1CC(C)(C)/C2=C1/C(=O)c2c(Cl)cc(Cl)cc2[S@]1=O. The first-order chi connectivity index (χ1) is 13.2. The smallest absolute Gasteiger partial charge is 0.205 e. The van der Waals surface area contributed by atoms with Gasteiger partial charge in [0.25, 0.3) is 0 Å². The molecule has 146 valence electrons. The van der Waals surface area contributed by atoms with Crippen LogP contribution in [0.5, 0.6) is 11.5 Å². The minimum Gasteiger partial charge on any atom is -0.496 e. The number of carbonyl (C=O) groups excluding carboxylic acids is 1. The van der Waals surface area contributed by atoms with Crippen LogP contribution in [0.1, 0.15) is 35.3 Å². The summed E-state index contributed by atoms with van der Waals surface area (Å²) in [6.45, 7) is 4.05. The Morgan fingerprint density at radius 3 is 2.32 bits per heavy atom. The van der Waals surface area contributed by atoms with Crippen molar-refractivity contribution in [2.24, 2.45) is 5.41 Å². The summed E-state index contributed by atoms with van der Waals surface area (Å²) in [5, 5.41) is 0.562. The summed E-state index contributed by atoms with van der Waals surface area (Å²) < 4.78 is 24.5. The van der Waals surface area contributed by atoms with E-state index in [2.05, 4.69) is 0 Å². The number of hydrogen-bond donors (Lipinski definition) is 0. The number of ether oxygens (including phenoxy) is 2. The van der Waals surface area contributed by atoms with Crippen molar-refractivity contribution in [1.82, 2.24) is 0 Å². The summed E-state index contributed by atoms with van der Waals surface area (Å²) in [6.07, 6.45) is 0.636. The van der Waals surface area contributed by atoms with E-state index in [4.69, 9.17) is 32.7 Å². The van der Waals surface area contributed by atoms with Crippen molar-refractivity contribution in [2.75, 3.05) is 14.2 Å². The molecule has 28 heavy (non-hydrogen) atoms. The second kappa shape index (κ2) is 6.61. The molecule has 2 aromatic carbocycles. The third kappa shape index (κ3) is 2.64. The second-order valence-corrected chi connectivity index (χ2v) is 9.68. The molecule has 1 heterocycles. The molecule has 4 rings (SSSR count). The van der Waals surface area contributed by atoms with Crippen molar-refractivity contribution in [3.05, 3.63) is 55.9 Å². The van der Waals surface area contributed by atoms with Crippen LogP contribution in [-0.4, -0.2) is 24.2 Å². The van der Waals surface area contributed by atoms with E-state index >= 15 is 0 Å². The molecule has 0 aromatic heterocycles. The molecule has 0 unspecified atom stereocenters. The number of hydrogen-bond acceptors (Lipinski definition) is 4. The van der Waals surface area contributed by atoms with E-state index in [-0.39, 0.29) is 21.3 Å². The third-order valence-corrected chi connectivity index (χ3v) is 7.28. The van der Waals surface area contributed by atoms with Crippen molar-refractivity contribution in [2.45, 2.75) is 25.2 Å². The highest BCUT2D eigenvalue weighted by Gasteiger charge is 2.46. The van der Waals surface area contributed by atoms with E-state index < -0.39 is 16.2 Å². The van der Waals surface area contributed by atoms with E-state index in [0.717, 1.165) is 11.1 Å². The molecule has 0 spiro atoms. The third-order valence-electron chi connectivity index (χ3n) is 5.28. The lowest BCUT2D eigenvalue weighted by Crippen LogP contribution is -2.15. The molecule has 0 bridgehead atoms. The number of benzene rings is 2. The first-order valence-electron chi connectivity index (χ1n) is 8.65. The van der Waals surface area contributed by atoms with Gasteiger partial charge in [-0.2, -0.15) is 0 Å². The lowest BCUT2D eigenvalue weighted by Gasteiger charge is -2.22. The molecule has 4 nitrogen and oxygen atoms in total. The van der Waals surface area contributed by atoms with Crippen molar-refractivity contribution < 1.29 is 18.5 Å². The van der Waals surface area contributed by atoms with E-state index in [0.29, 0.717) is 33.4 Å². The first kappa shape index (κ1) is 19.5. The number of ketones is 1. The van der Waals surface area contributed by atoms with E-state index in [1.54, 1.807) is 26.4 Å².